The summed E-state index contributed by atoms with van der Waals surface area (Å²) in [4.78, 5) is 23.2. The Morgan fingerprint density at radius 1 is 1.47 bits per heavy atom. The molecule has 106 valence electrons. The molecule has 6 nitrogen and oxygen atoms in total. The maximum atomic E-state index is 11.6. The van der Waals surface area contributed by atoms with E-state index in [-0.39, 0.29) is 0 Å². The molecule has 0 bridgehead atoms. The van der Waals surface area contributed by atoms with E-state index in [9.17, 15) is 9.90 Å². The van der Waals surface area contributed by atoms with Crippen LogP contribution in [0.25, 0.3) is 0 Å². The summed E-state index contributed by atoms with van der Waals surface area (Å²) in [6, 6.07) is -0.658. The quantitative estimate of drug-likeness (QED) is 0.869. The number of nitrogens with one attached hydrogen (secondary N) is 1. The summed E-state index contributed by atoms with van der Waals surface area (Å²) in [5, 5.41) is 9.51. The van der Waals surface area contributed by atoms with Crippen LogP contribution in [0.1, 0.15) is 24.5 Å². The van der Waals surface area contributed by atoms with Crippen LogP contribution in [0.4, 0.5) is 0 Å². The first-order valence-electron chi connectivity index (χ1n) is 6.44. The highest BCUT2D eigenvalue weighted by molar-refractivity contribution is 9.10. The fourth-order valence-electron chi connectivity index (χ4n) is 2.46. The van der Waals surface area contributed by atoms with Gasteiger partial charge < -0.3 is 15.0 Å². The van der Waals surface area contributed by atoms with Gasteiger partial charge in [0.1, 0.15) is 10.4 Å². The molecule has 7 heteroatoms. The Kier molecular flexibility index (Phi) is 4.59. The van der Waals surface area contributed by atoms with Gasteiger partial charge in [-0.05, 0) is 29.4 Å². The van der Waals surface area contributed by atoms with Crippen molar-refractivity contribution in [2.45, 2.75) is 19.9 Å². The Morgan fingerprint density at radius 2 is 2.11 bits per heavy atom. The van der Waals surface area contributed by atoms with Crippen molar-refractivity contribution in [1.82, 2.24) is 19.8 Å². The van der Waals surface area contributed by atoms with Gasteiger partial charge in [0, 0.05) is 26.2 Å². The molecule has 19 heavy (non-hydrogen) atoms. The van der Waals surface area contributed by atoms with Crippen LogP contribution in [0.15, 0.2) is 4.60 Å². The van der Waals surface area contributed by atoms with E-state index in [0.29, 0.717) is 10.3 Å². The third kappa shape index (κ3) is 3.16. The molecule has 1 fully saturated rings. The van der Waals surface area contributed by atoms with Crippen LogP contribution in [0.5, 0.6) is 0 Å². The topological polar surface area (TPSA) is 72.5 Å². The van der Waals surface area contributed by atoms with Gasteiger partial charge in [-0.3, -0.25) is 9.69 Å². The number of hydrogen-bond acceptors (Lipinski definition) is 4. The number of aromatic nitrogens is 2. The van der Waals surface area contributed by atoms with Gasteiger partial charge in [0.05, 0.1) is 5.69 Å². The van der Waals surface area contributed by atoms with Crippen molar-refractivity contribution in [3.05, 3.63) is 16.1 Å². The number of aliphatic carboxylic acids is 1. The van der Waals surface area contributed by atoms with E-state index in [1.54, 1.807) is 0 Å². The molecular formula is C12H19BrN4O2. The van der Waals surface area contributed by atoms with Crippen LogP contribution in [0, 0.1) is 6.92 Å². The summed E-state index contributed by atoms with van der Waals surface area (Å²) in [5.74, 6) is -0.116. The molecule has 2 heterocycles. The number of hydrogen-bond donors (Lipinski definition) is 2. The number of imidazole rings is 1. The minimum Gasteiger partial charge on any atom is -0.480 e. The van der Waals surface area contributed by atoms with Crippen LogP contribution in [-0.2, 0) is 4.79 Å². The minimum atomic E-state index is -0.839. The summed E-state index contributed by atoms with van der Waals surface area (Å²) >= 11 is 3.34. The van der Waals surface area contributed by atoms with Crippen molar-refractivity contribution in [1.29, 1.82) is 0 Å². The van der Waals surface area contributed by atoms with E-state index in [1.807, 2.05) is 11.8 Å². The SMILES string of the molecule is CCN1CCN(C(C(=O)O)c2[nH]c(C)nc2Br)CC1. The number of nitrogens with zero attached hydrogens (tertiary/aromatic N) is 3. The first-order valence-corrected chi connectivity index (χ1v) is 7.23. The number of carboxylic acids is 1. The monoisotopic (exact) mass is 330 g/mol. The van der Waals surface area contributed by atoms with E-state index in [0.717, 1.165) is 38.5 Å². The molecule has 1 saturated heterocycles. The highest BCUT2D eigenvalue weighted by atomic mass is 79.9. The van der Waals surface area contributed by atoms with E-state index in [1.165, 1.54) is 0 Å². The number of aryl methyl sites for hydroxylation is 1. The third-order valence-electron chi connectivity index (χ3n) is 3.53. The summed E-state index contributed by atoms with van der Waals surface area (Å²) < 4.78 is 0.593. The summed E-state index contributed by atoms with van der Waals surface area (Å²) in [5.41, 5.74) is 0.634. The van der Waals surface area contributed by atoms with Crippen molar-refractivity contribution >= 4 is 21.9 Å². The Hall–Kier alpha value is -0.920. The number of halogens is 1. The number of likely N-dealkylation sites (N-methyl/N-ethyl adjacent to an activating group) is 1. The lowest BCUT2D eigenvalue weighted by Crippen LogP contribution is -2.49. The van der Waals surface area contributed by atoms with Gasteiger partial charge in [-0.2, -0.15) is 0 Å². The standard InChI is InChI=1S/C12H19BrN4O2/c1-3-16-4-6-17(7-5-16)10(12(18)19)9-11(13)15-8(2)14-9/h10H,3-7H2,1-2H3,(H,14,15)(H,18,19). The van der Waals surface area contributed by atoms with Crippen molar-refractivity contribution in [3.63, 3.8) is 0 Å². The fraction of sp³-hybridized carbons (Fsp3) is 0.667. The first-order chi connectivity index (χ1) is 9.02. The summed E-state index contributed by atoms with van der Waals surface area (Å²) in [6.07, 6.45) is 0. The van der Waals surface area contributed by atoms with E-state index in [2.05, 4.69) is 37.7 Å². The van der Waals surface area contributed by atoms with Crippen molar-refractivity contribution in [2.24, 2.45) is 0 Å². The van der Waals surface area contributed by atoms with Crippen molar-refractivity contribution < 1.29 is 9.90 Å². The lowest BCUT2D eigenvalue weighted by atomic mass is 10.1. The summed E-state index contributed by atoms with van der Waals surface area (Å²) in [6.45, 7) is 8.29. The lowest BCUT2D eigenvalue weighted by Gasteiger charge is -2.36. The molecule has 1 atom stereocenters. The predicted molar refractivity (Wildman–Crippen MR) is 75.1 cm³/mol. The van der Waals surface area contributed by atoms with Crippen LogP contribution >= 0.6 is 15.9 Å². The highest BCUT2D eigenvalue weighted by Crippen LogP contribution is 2.27. The Balaban J connectivity index is 2.18. The Bertz CT molecular complexity index is 455. The number of carbonyl (C=O) groups is 1. The zero-order valence-electron chi connectivity index (χ0n) is 11.2. The first kappa shape index (κ1) is 14.5. The third-order valence-corrected chi connectivity index (χ3v) is 4.13. The summed E-state index contributed by atoms with van der Waals surface area (Å²) in [7, 11) is 0. The molecule has 1 aliphatic heterocycles. The number of carboxylic acid groups (broad SMARTS) is 1. The molecule has 1 aromatic rings. The fourth-order valence-corrected chi connectivity index (χ4v) is 3.05. The molecule has 1 unspecified atom stereocenters. The van der Waals surface area contributed by atoms with Crippen LogP contribution in [0.3, 0.4) is 0 Å². The smallest absolute Gasteiger partial charge is 0.327 e. The molecular weight excluding hydrogens is 312 g/mol. The zero-order chi connectivity index (χ0) is 14.0. The van der Waals surface area contributed by atoms with Crippen LogP contribution in [0.2, 0.25) is 0 Å². The molecule has 0 aromatic carbocycles. The predicted octanol–water partition coefficient (Wildman–Crippen LogP) is 1.24. The van der Waals surface area contributed by atoms with E-state index in [4.69, 9.17) is 0 Å². The van der Waals surface area contributed by atoms with Crippen molar-refractivity contribution in [3.8, 4) is 0 Å². The van der Waals surface area contributed by atoms with Gasteiger partial charge in [-0.15, -0.1) is 0 Å². The second kappa shape index (κ2) is 6.02. The zero-order valence-corrected chi connectivity index (χ0v) is 12.8. The second-order valence-corrected chi connectivity index (χ2v) is 5.49. The molecule has 0 amide bonds. The van der Waals surface area contributed by atoms with Crippen LogP contribution < -0.4 is 0 Å². The average Bonchev–Trinajstić information content (AvgIpc) is 2.69. The van der Waals surface area contributed by atoms with Crippen molar-refractivity contribution in [2.75, 3.05) is 32.7 Å². The molecule has 1 aromatic heterocycles. The minimum absolute atomic E-state index is 0.593. The number of piperazine rings is 1. The maximum Gasteiger partial charge on any atom is 0.327 e. The van der Waals surface area contributed by atoms with Gasteiger partial charge in [0.15, 0.2) is 6.04 Å². The second-order valence-electron chi connectivity index (χ2n) is 4.74. The Labute approximate surface area is 120 Å². The number of rotatable bonds is 4. The Morgan fingerprint density at radius 3 is 2.53 bits per heavy atom. The van der Waals surface area contributed by atoms with E-state index < -0.39 is 12.0 Å². The molecule has 0 aliphatic carbocycles. The molecule has 0 spiro atoms. The molecule has 0 radical (unpaired) electrons. The van der Waals surface area contributed by atoms with Gasteiger partial charge in [0.2, 0.25) is 0 Å². The maximum absolute atomic E-state index is 11.6. The highest BCUT2D eigenvalue weighted by Gasteiger charge is 2.33. The molecule has 1 aliphatic rings. The normalized spacial score (nSPS) is 19.5. The largest absolute Gasteiger partial charge is 0.480 e. The molecule has 2 N–H and O–H groups in total. The number of aromatic amines is 1. The van der Waals surface area contributed by atoms with E-state index >= 15 is 0 Å². The van der Waals surface area contributed by atoms with Gasteiger partial charge in [-0.1, -0.05) is 6.92 Å². The molecule has 2 rings (SSSR count). The van der Waals surface area contributed by atoms with Gasteiger partial charge >= 0.3 is 5.97 Å². The molecule has 0 saturated carbocycles. The average molecular weight is 331 g/mol. The number of H-pyrrole nitrogens is 1. The van der Waals surface area contributed by atoms with Gasteiger partial charge in [-0.25, -0.2) is 4.98 Å². The lowest BCUT2D eigenvalue weighted by molar-refractivity contribution is -0.144. The van der Waals surface area contributed by atoms with Crippen LogP contribution in [-0.4, -0.2) is 63.6 Å². The van der Waals surface area contributed by atoms with Gasteiger partial charge in [0.25, 0.3) is 0 Å².